The summed E-state index contributed by atoms with van der Waals surface area (Å²) in [6, 6.07) is 3.35. The van der Waals surface area contributed by atoms with Crippen LogP contribution in [-0.2, 0) is 0 Å². The number of nitrogens with one attached hydrogen (secondary N) is 1. The zero-order valence-corrected chi connectivity index (χ0v) is 11.0. The fourth-order valence-electron chi connectivity index (χ4n) is 0.860. The molecule has 0 aromatic heterocycles. The molecule has 0 amide bonds. The van der Waals surface area contributed by atoms with Crippen molar-refractivity contribution in [3.8, 4) is 5.75 Å². The topological polar surface area (TPSA) is 103 Å². The molecular weight excluding hydrogens is 344 g/mol. The van der Waals surface area contributed by atoms with E-state index in [1.807, 2.05) is 0 Å². The normalized spacial score (nSPS) is 12.1. The molecule has 0 bridgehead atoms. The minimum absolute atomic E-state index is 0.0395. The van der Waals surface area contributed by atoms with Crippen molar-refractivity contribution in [1.29, 1.82) is 0 Å². The van der Waals surface area contributed by atoms with Gasteiger partial charge in [-0.3, -0.25) is 5.21 Å². The van der Waals surface area contributed by atoms with Crippen molar-refractivity contribution in [2.45, 2.75) is 0 Å². The summed E-state index contributed by atoms with van der Waals surface area (Å²) in [4.78, 5) is 0. The molecule has 0 aliphatic carbocycles. The van der Waals surface area contributed by atoms with E-state index in [2.05, 4.69) is 42.1 Å². The van der Waals surface area contributed by atoms with Crippen molar-refractivity contribution in [1.82, 2.24) is 5.48 Å². The molecule has 86 valence electrons. The monoisotopic (exact) mass is 350 g/mol. The first kappa shape index (κ1) is 12.9. The molecule has 0 radical (unpaired) electrons. The van der Waals surface area contributed by atoms with Crippen LogP contribution in [0.1, 0.15) is 5.56 Å². The highest BCUT2D eigenvalue weighted by Crippen LogP contribution is 2.30. The number of nitrogens with two attached hydrogens (primary N) is 1. The molecule has 0 atom stereocenters. The first-order valence-corrected chi connectivity index (χ1v) is 5.58. The Morgan fingerprint density at radius 1 is 1.44 bits per heavy atom. The Labute approximate surface area is 108 Å². The number of aromatic hydroxyl groups is 1. The van der Waals surface area contributed by atoms with Gasteiger partial charge in [0, 0.05) is 10.0 Å². The molecule has 0 saturated carbocycles. The lowest BCUT2D eigenvalue weighted by Gasteiger charge is -2.01. The summed E-state index contributed by atoms with van der Waals surface area (Å²) in [6.07, 6.45) is 1.30. The summed E-state index contributed by atoms with van der Waals surface area (Å²) in [5, 5.41) is 24.9. The number of rotatable bonds is 2. The quantitative estimate of drug-likeness (QED) is 0.368. The number of benzene rings is 1. The third-order valence-corrected chi connectivity index (χ3v) is 2.60. The molecular formula is C8H8Br2N4O2. The second-order valence-corrected chi connectivity index (χ2v) is 4.44. The van der Waals surface area contributed by atoms with E-state index in [-0.39, 0.29) is 11.7 Å². The number of hydroxylamine groups is 1. The Kier molecular flexibility index (Phi) is 4.71. The van der Waals surface area contributed by atoms with Gasteiger partial charge < -0.3 is 10.8 Å². The summed E-state index contributed by atoms with van der Waals surface area (Å²) in [7, 11) is 0. The van der Waals surface area contributed by atoms with Crippen LogP contribution < -0.4 is 11.2 Å². The molecule has 1 aromatic carbocycles. The van der Waals surface area contributed by atoms with Gasteiger partial charge in [-0.15, -0.1) is 5.10 Å². The lowest BCUT2D eigenvalue weighted by Crippen LogP contribution is -2.27. The standard InChI is InChI=1S/C8H8Br2N4O2/c9-5-1-4(7(15)6(10)2-5)3-12-13-8(11)14-16/h1-3,15-16H,(H3,11,13,14)/b12-3+. The van der Waals surface area contributed by atoms with Gasteiger partial charge in [0.05, 0.1) is 10.7 Å². The third-order valence-electron chi connectivity index (χ3n) is 1.53. The Bertz CT molecular complexity index is 448. The lowest BCUT2D eigenvalue weighted by atomic mass is 10.2. The molecule has 8 heteroatoms. The fraction of sp³-hybridized carbons (Fsp3) is 0. The molecule has 1 aromatic rings. The molecule has 16 heavy (non-hydrogen) atoms. The van der Waals surface area contributed by atoms with Crippen LogP contribution in [0.2, 0.25) is 0 Å². The molecule has 0 heterocycles. The summed E-state index contributed by atoms with van der Waals surface area (Å²) in [5.41, 5.74) is 7.21. The van der Waals surface area contributed by atoms with E-state index in [9.17, 15) is 5.11 Å². The van der Waals surface area contributed by atoms with Crippen molar-refractivity contribution in [3.63, 3.8) is 0 Å². The van der Waals surface area contributed by atoms with Gasteiger partial charge in [-0.25, -0.2) is 5.48 Å². The maximum absolute atomic E-state index is 9.64. The van der Waals surface area contributed by atoms with Crippen LogP contribution in [0.3, 0.4) is 0 Å². The van der Waals surface area contributed by atoms with Gasteiger partial charge in [-0.2, -0.15) is 5.10 Å². The number of hydrogen-bond acceptors (Lipinski definition) is 4. The van der Waals surface area contributed by atoms with Crippen molar-refractivity contribution >= 4 is 44.0 Å². The van der Waals surface area contributed by atoms with Gasteiger partial charge in [0.1, 0.15) is 5.75 Å². The number of nitrogens with zero attached hydrogens (tertiary/aromatic N) is 2. The zero-order valence-electron chi connectivity index (χ0n) is 7.85. The van der Waals surface area contributed by atoms with Gasteiger partial charge in [0.15, 0.2) is 0 Å². The summed E-state index contributed by atoms with van der Waals surface area (Å²) >= 11 is 6.44. The smallest absolute Gasteiger partial charge is 0.237 e. The number of hydrogen-bond donors (Lipinski definition) is 4. The van der Waals surface area contributed by atoms with Gasteiger partial charge in [-0.1, -0.05) is 15.9 Å². The van der Waals surface area contributed by atoms with Crippen LogP contribution in [0.4, 0.5) is 0 Å². The Morgan fingerprint density at radius 3 is 2.75 bits per heavy atom. The number of phenolic OH excluding ortho intramolecular Hbond substituents is 1. The van der Waals surface area contributed by atoms with Crippen LogP contribution in [0, 0.1) is 0 Å². The molecule has 0 aliphatic rings. The minimum atomic E-state index is -0.246. The predicted octanol–water partition coefficient (Wildman–Crippen LogP) is 1.54. The summed E-state index contributed by atoms with van der Waals surface area (Å²) in [6.45, 7) is 0. The minimum Gasteiger partial charge on any atom is -0.506 e. The largest absolute Gasteiger partial charge is 0.506 e. The van der Waals surface area contributed by atoms with E-state index in [0.717, 1.165) is 4.47 Å². The Hall–Kier alpha value is -1.12. The van der Waals surface area contributed by atoms with Gasteiger partial charge in [0.25, 0.3) is 0 Å². The zero-order chi connectivity index (χ0) is 12.1. The molecule has 0 fully saturated rings. The predicted molar refractivity (Wildman–Crippen MR) is 67.6 cm³/mol. The molecule has 1 rings (SSSR count). The first-order chi connectivity index (χ1) is 7.54. The van der Waals surface area contributed by atoms with Crippen LogP contribution in [-0.4, -0.2) is 22.5 Å². The average Bonchev–Trinajstić information content (AvgIpc) is 2.24. The number of phenols is 1. The van der Waals surface area contributed by atoms with Crippen molar-refractivity contribution in [3.05, 3.63) is 26.6 Å². The van der Waals surface area contributed by atoms with E-state index in [1.54, 1.807) is 17.6 Å². The van der Waals surface area contributed by atoms with E-state index in [0.29, 0.717) is 10.0 Å². The van der Waals surface area contributed by atoms with Crippen LogP contribution in [0.5, 0.6) is 5.75 Å². The highest BCUT2D eigenvalue weighted by atomic mass is 79.9. The second-order valence-electron chi connectivity index (χ2n) is 2.67. The molecule has 0 saturated heterocycles. The molecule has 0 aliphatic heterocycles. The van der Waals surface area contributed by atoms with Crippen molar-refractivity contribution in [2.24, 2.45) is 15.9 Å². The SMILES string of the molecule is NC(=N/N=C/c1cc(Br)cc(Br)c1O)NO. The van der Waals surface area contributed by atoms with Gasteiger partial charge >= 0.3 is 0 Å². The number of halogens is 2. The van der Waals surface area contributed by atoms with Crippen molar-refractivity contribution < 1.29 is 10.3 Å². The van der Waals surface area contributed by atoms with E-state index < -0.39 is 0 Å². The highest BCUT2D eigenvalue weighted by Gasteiger charge is 2.04. The maximum Gasteiger partial charge on any atom is 0.237 e. The van der Waals surface area contributed by atoms with Crippen LogP contribution in [0.25, 0.3) is 0 Å². The number of guanidine groups is 1. The molecule has 0 spiro atoms. The average molecular weight is 352 g/mol. The van der Waals surface area contributed by atoms with Gasteiger partial charge in [0.2, 0.25) is 5.96 Å². The fourth-order valence-corrected chi connectivity index (χ4v) is 2.12. The lowest BCUT2D eigenvalue weighted by molar-refractivity contribution is 0.232. The second kappa shape index (κ2) is 5.83. The van der Waals surface area contributed by atoms with E-state index >= 15 is 0 Å². The molecule has 0 unspecified atom stereocenters. The summed E-state index contributed by atoms with van der Waals surface area (Å²) in [5.74, 6) is -0.206. The first-order valence-electron chi connectivity index (χ1n) is 3.99. The summed E-state index contributed by atoms with van der Waals surface area (Å²) < 4.78 is 1.30. The van der Waals surface area contributed by atoms with Gasteiger partial charge in [-0.05, 0) is 28.1 Å². The third kappa shape index (κ3) is 3.47. The van der Waals surface area contributed by atoms with E-state index in [4.69, 9.17) is 10.9 Å². The Morgan fingerprint density at radius 2 is 2.12 bits per heavy atom. The highest BCUT2D eigenvalue weighted by molar-refractivity contribution is 9.11. The maximum atomic E-state index is 9.64. The molecule has 5 N–H and O–H groups in total. The van der Waals surface area contributed by atoms with Crippen LogP contribution in [0.15, 0.2) is 31.3 Å². The molecule has 6 nitrogen and oxygen atoms in total. The Balaban J connectivity index is 2.97. The van der Waals surface area contributed by atoms with E-state index in [1.165, 1.54) is 6.21 Å². The van der Waals surface area contributed by atoms with Crippen molar-refractivity contribution in [2.75, 3.05) is 0 Å². The van der Waals surface area contributed by atoms with Crippen LogP contribution >= 0.6 is 31.9 Å².